The van der Waals surface area contributed by atoms with Crippen molar-refractivity contribution in [2.45, 2.75) is 32.9 Å². The predicted molar refractivity (Wildman–Crippen MR) is 222 cm³/mol. The number of nitrogens with one attached hydrogen (secondary N) is 3. The lowest BCUT2D eigenvalue weighted by atomic mass is 10.2. The van der Waals surface area contributed by atoms with Crippen LogP contribution in [0.1, 0.15) is 30.9 Å². The number of urea groups is 1. The molecule has 4 aromatic carbocycles. The first-order valence-electron chi connectivity index (χ1n) is 19.5. The van der Waals surface area contributed by atoms with Crippen LogP contribution in [0.4, 0.5) is 37.1 Å². The van der Waals surface area contributed by atoms with E-state index in [0.717, 1.165) is 64.7 Å². The van der Waals surface area contributed by atoms with Crippen LogP contribution in [0.3, 0.4) is 0 Å². The molecule has 0 atom stereocenters. The monoisotopic (exact) mass is 788 g/mol. The first kappa shape index (κ1) is 39.6. The Hall–Kier alpha value is -6.64. The van der Waals surface area contributed by atoms with Crippen molar-refractivity contribution >= 4 is 57.3 Å². The van der Waals surface area contributed by atoms with Gasteiger partial charge in [-0.1, -0.05) is 48.5 Å². The molecule has 2 aromatic heterocycles. The third kappa shape index (κ3) is 10.2. The number of likely N-dealkylation sites (tertiary alicyclic amines) is 1. The average molecular weight is 789 g/mol. The number of hydrogen-bond acceptors (Lipinski definition) is 11. The normalized spacial score (nSPS) is 13.9. The number of para-hydroxylation sites is 2. The van der Waals surface area contributed by atoms with Crippen LogP contribution >= 0.6 is 0 Å². The number of esters is 1. The van der Waals surface area contributed by atoms with Crippen molar-refractivity contribution in [1.29, 1.82) is 0 Å². The first-order valence-corrected chi connectivity index (χ1v) is 19.5. The Balaban J connectivity index is 0.000000181. The molecule has 4 heterocycles. The van der Waals surface area contributed by atoms with E-state index in [2.05, 4.69) is 30.8 Å². The molecule has 0 spiro atoms. The standard InChI is InChI=1S/C24H27FN6O.C19H19FN4O2/c25-19-9-7-18(8-10-19)17-26-22-20-5-1-2-6-21(20)27-23(28-22)29-13-15-31(16-14-29)24(32)30-11-3-4-12-30;1-2-26-17(25)12-22-19-23-16-6-4-3-5-15(16)18(24-19)21-11-13-7-9-14(20)10-8-13/h1-2,5-10H,3-4,11-17H2,(H,26,27,28);3-10H,2,11-12H2,1H3,(H2,21,22,23,24). The molecule has 0 bridgehead atoms. The smallest absolute Gasteiger partial charge is 0.325 e. The molecule has 0 saturated carbocycles. The van der Waals surface area contributed by atoms with Crippen LogP contribution in [0, 0.1) is 11.6 Å². The molecule has 15 heteroatoms. The Bertz CT molecular complexity index is 2320. The Morgan fingerprint density at radius 3 is 1.71 bits per heavy atom. The Kier molecular flexibility index (Phi) is 13.0. The van der Waals surface area contributed by atoms with Gasteiger partial charge in [0.05, 0.1) is 17.6 Å². The molecule has 3 N–H and O–H groups in total. The van der Waals surface area contributed by atoms with Crippen molar-refractivity contribution < 1.29 is 23.1 Å². The van der Waals surface area contributed by atoms with Crippen molar-refractivity contribution in [1.82, 2.24) is 29.7 Å². The zero-order chi connectivity index (χ0) is 40.3. The number of aromatic nitrogens is 4. The van der Waals surface area contributed by atoms with Crippen molar-refractivity contribution in [3.05, 3.63) is 120 Å². The SMILES string of the molecule is CCOC(=O)CNc1nc(NCc2ccc(F)cc2)c2ccccc2n1.O=C(N1CCCC1)N1CCN(c2nc(NCc3ccc(F)cc3)c3ccccc3n2)CC1. The predicted octanol–water partition coefficient (Wildman–Crippen LogP) is 7.07. The molecule has 0 unspecified atom stereocenters. The Morgan fingerprint density at radius 2 is 1.14 bits per heavy atom. The first-order chi connectivity index (χ1) is 28.3. The highest BCUT2D eigenvalue weighted by Gasteiger charge is 2.28. The molecule has 8 rings (SSSR count). The van der Waals surface area contributed by atoms with Gasteiger partial charge in [-0.3, -0.25) is 4.79 Å². The summed E-state index contributed by atoms with van der Waals surface area (Å²) in [5, 5.41) is 11.3. The van der Waals surface area contributed by atoms with Crippen LogP contribution in [0.25, 0.3) is 21.8 Å². The fraction of sp³-hybridized carbons (Fsp3) is 0.302. The van der Waals surface area contributed by atoms with Crippen LogP contribution in [-0.4, -0.2) is 94.2 Å². The van der Waals surface area contributed by atoms with Gasteiger partial charge in [-0.05, 0) is 79.4 Å². The van der Waals surface area contributed by atoms with Gasteiger partial charge in [-0.15, -0.1) is 0 Å². The molecule has 0 aliphatic carbocycles. The fourth-order valence-corrected chi connectivity index (χ4v) is 6.78. The number of fused-ring (bicyclic) bond motifs is 2. The molecule has 0 radical (unpaired) electrons. The van der Waals surface area contributed by atoms with Gasteiger partial charge in [0.25, 0.3) is 0 Å². The van der Waals surface area contributed by atoms with Gasteiger partial charge in [-0.25, -0.2) is 23.5 Å². The summed E-state index contributed by atoms with van der Waals surface area (Å²) >= 11 is 0. The van der Waals surface area contributed by atoms with E-state index < -0.39 is 0 Å². The van der Waals surface area contributed by atoms with Gasteiger partial charge in [0.15, 0.2) is 0 Å². The molecule has 2 amide bonds. The van der Waals surface area contributed by atoms with Gasteiger partial charge < -0.3 is 35.4 Å². The minimum atomic E-state index is -0.370. The summed E-state index contributed by atoms with van der Waals surface area (Å²) in [5.41, 5.74) is 3.52. The summed E-state index contributed by atoms with van der Waals surface area (Å²) in [6.45, 7) is 7.58. The molecule has 300 valence electrons. The van der Waals surface area contributed by atoms with Crippen molar-refractivity contribution in [2.24, 2.45) is 0 Å². The topological polar surface area (TPSA) is 141 Å². The minimum Gasteiger partial charge on any atom is -0.465 e. The average Bonchev–Trinajstić information content (AvgIpc) is 3.81. The van der Waals surface area contributed by atoms with E-state index in [9.17, 15) is 18.4 Å². The van der Waals surface area contributed by atoms with Gasteiger partial charge >= 0.3 is 12.0 Å². The second kappa shape index (κ2) is 19.0. The van der Waals surface area contributed by atoms with Crippen LogP contribution in [0.15, 0.2) is 97.1 Å². The van der Waals surface area contributed by atoms with E-state index in [1.165, 1.54) is 24.3 Å². The van der Waals surface area contributed by atoms with Gasteiger partial charge in [0.1, 0.15) is 29.8 Å². The van der Waals surface area contributed by atoms with Crippen LogP contribution in [0.2, 0.25) is 0 Å². The van der Waals surface area contributed by atoms with Gasteiger partial charge in [0, 0.05) is 63.1 Å². The molecule has 13 nitrogen and oxygen atoms in total. The lowest BCUT2D eigenvalue weighted by Crippen LogP contribution is -2.52. The number of benzene rings is 4. The maximum atomic E-state index is 13.2. The molecular formula is C43H46F2N10O3. The van der Waals surface area contributed by atoms with Gasteiger partial charge in [-0.2, -0.15) is 9.97 Å². The highest BCUT2D eigenvalue weighted by atomic mass is 19.1. The summed E-state index contributed by atoms with van der Waals surface area (Å²) in [6.07, 6.45) is 2.20. The van der Waals surface area contributed by atoms with E-state index in [0.29, 0.717) is 63.6 Å². The quantitative estimate of drug-likeness (QED) is 0.116. The van der Waals surface area contributed by atoms with Crippen molar-refractivity contribution in [2.75, 3.05) is 73.3 Å². The number of halogens is 2. The number of carbonyl (C=O) groups is 2. The van der Waals surface area contributed by atoms with Crippen molar-refractivity contribution in [3.63, 3.8) is 0 Å². The molecule has 2 saturated heterocycles. The zero-order valence-corrected chi connectivity index (χ0v) is 32.3. The van der Waals surface area contributed by atoms with Crippen LogP contribution in [-0.2, 0) is 22.6 Å². The number of hydrogen-bond donors (Lipinski definition) is 3. The Labute approximate surface area is 335 Å². The van der Waals surface area contributed by atoms with Crippen LogP contribution in [0.5, 0.6) is 0 Å². The lowest BCUT2D eigenvalue weighted by molar-refractivity contribution is -0.140. The highest BCUT2D eigenvalue weighted by Crippen LogP contribution is 2.26. The summed E-state index contributed by atoms with van der Waals surface area (Å²) in [4.78, 5) is 48.7. The van der Waals surface area contributed by atoms with E-state index in [1.807, 2.05) is 58.3 Å². The maximum Gasteiger partial charge on any atom is 0.325 e. The second-order valence-corrected chi connectivity index (χ2v) is 13.9. The number of nitrogens with zero attached hydrogens (tertiary/aromatic N) is 7. The largest absolute Gasteiger partial charge is 0.465 e. The number of carbonyl (C=O) groups excluding carboxylic acids is 2. The molecule has 58 heavy (non-hydrogen) atoms. The van der Waals surface area contributed by atoms with Crippen LogP contribution < -0.4 is 20.9 Å². The Morgan fingerprint density at radius 1 is 0.621 bits per heavy atom. The lowest BCUT2D eigenvalue weighted by Gasteiger charge is -2.36. The highest BCUT2D eigenvalue weighted by molar-refractivity contribution is 5.91. The van der Waals surface area contributed by atoms with Crippen molar-refractivity contribution in [3.8, 4) is 0 Å². The summed E-state index contributed by atoms with van der Waals surface area (Å²) in [7, 11) is 0. The number of anilines is 4. The number of ether oxygens (including phenoxy) is 1. The number of amides is 2. The second-order valence-electron chi connectivity index (χ2n) is 13.9. The number of rotatable bonds is 11. The third-order valence-corrected chi connectivity index (χ3v) is 9.85. The number of piperazine rings is 1. The van der Waals surface area contributed by atoms with Gasteiger partial charge in [0.2, 0.25) is 11.9 Å². The maximum absolute atomic E-state index is 13.2. The summed E-state index contributed by atoms with van der Waals surface area (Å²) in [5.74, 6) is 1.50. The molecule has 2 fully saturated rings. The zero-order valence-electron chi connectivity index (χ0n) is 32.3. The molecule has 2 aliphatic heterocycles. The molecule has 6 aromatic rings. The summed E-state index contributed by atoms with van der Waals surface area (Å²) in [6, 6.07) is 28.4. The molecular weight excluding hydrogens is 743 g/mol. The summed E-state index contributed by atoms with van der Waals surface area (Å²) < 4.78 is 31.1. The molecule has 2 aliphatic rings. The van der Waals surface area contributed by atoms with E-state index in [1.54, 1.807) is 31.2 Å². The fourth-order valence-electron chi connectivity index (χ4n) is 6.78. The van der Waals surface area contributed by atoms with E-state index in [4.69, 9.17) is 14.7 Å². The van der Waals surface area contributed by atoms with E-state index in [-0.39, 0.29) is 30.2 Å². The van der Waals surface area contributed by atoms with E-state index >= 15 is 0 Å². The minimum absolute atomic E-state index is 0.0103. The third-order valence-electron chi connectivity index (χ3n) is 9.85.